The highest BCUT2D eigenvalue weighted by atomic mass is 19.4. The van der Waals surface area contributed by atoms with Crippen molar-refractivity contribution >= 4 is 5.84 Å². The predicted octanol–water partition coefficient (Wildman–Crippen LogP) is 1.12. The fraction of sp³-hybridized carbons (Fsp3) is 0.375. The van der Waals surface area contributed by atoms with E-state index in [9.17, 15) is 13.2 Å². The monoisotopic (exact) mass is 237 g/mol. The Hall–Kier alpha value is -1.70. The lowest BCUT2D eigenvalue weighted by molar-refractivity contribution is -0.325. The highest BCUT2D eigenvalue weighted by Gasteiger charge is 2.28. The minimum atomic E-state index is -4.65. The summed E-state index contributed by atoms with van der Waals surface area (Å²) in [5.74, 6) is -0.169. The first-order chi connectivity index (χ1) is 7.44. The second-order valence-corrected chi connectivity index (χ2v) is 2.87. The van der Waals surface area contributed by atoms with Gasteiger partial charge in [0.15, 0.2) is 5.84 Å². The fourth-order valence-electron chi connectivity index (χ4n) is 1.15. The Morgan fingerprint density at radius 2 is 2.25 bits per heavy atom. The van der Waals surface area contributed by atoms with E-state index in [4.69, 9.17) is 10.9 Å². The van der Waals surface area contributed by atoms with Crippen molar-refractivity contribution in [2.45, 2.75) is 12.9 Å². The smallest absolute Gasteiger partial charge is 0.409 e. The third kappa shape index (κ3) is 3.46. The second-order valence-electron chi connectivity index (χ2n) is 2.87. The van der Waals surface area contributed by atoms with E-state index < -0.39 is 13.0 Å². The fourth-order valence-corrected chi connectivity index (χ4v) is 1.15. The molecule has 0 amide bonds. The van der Waals surface area contributed by atoms with Gasteiger partial charge in [-0.3, -0.25) is 4.74 Å². The first-order valence-electron chi connectivity index (χ1n) is 4.28. The summed E-state index contributed by atoms with van der Waals surface area (Å²) in [5, 5.41) is 11.2. The maximum Gasteiger partial charge on any atom is 0.522 e. The molecule has 16 heavy (non-hydrogen) atoms. The van der Waals surface area contributed by atoms with Gasteiger partial charge in [-0.15, -0.1) is 13.2 Å². The molecule has 1 aromatic rings. The molecule has 1 rings (SSSR count). The van der Waals surface area contributed by atoms with Gasteiger partial charge in [0.05, 0.1) is 12.3 Å². The molecule has 5 nitrogen and oxygen atoms in total. The van der Waals surface area contributed by atoms with Gasteiger partial charge in [0.1, 0.15) is 0 Å². The van der Waals surface area contributed by atoms with Crippen LogP contribution >= 0.6 is 0 Å². The SMILES string of the molecule is N/C(=N/O)c1cccn1CCOC(F)(F)F. The van der Waals surface area contributed by atoms with Crippen LogP contribution in [0.4, 0.5) is 13.2 Å². The van der Waals surface area contributed by atoms with Crippen LogP contribution in [0, 0.1) is 0 Å². The van der Waals surface area contributed by atoms with Crippen LogP contribution in [0.1, 0.15) is 5.69 Å². The maximum absolute atomic E-state index is 11.7. The van der Waals surface area contributed by atoms with Gasteiger partial charge >= 0.3 is 6.36 Å². The Morgan fingerprint density at radius 1 is 1.56 bits per heavy atom. The molecule has 0 aliphatic heterocycles. The molecule has 1 aromatic heterocycles. The number of nitrogens with zero attached hydrogens (tertiary/aromatic N) is 2. The van der Waals surface area contributed by atoms with E-state index in [-0.39, 0.29) is 12.4 Å². The van der Waals surface area contributed by atoms with Crippen molar-refractivity contribution in [3.8, 4) is 0 Å². The van der Waals surface area contributed by atoms with Crippen molar-refractivity contribution in [1.82, 2.24) is 4.57 Å². The first-order valence-corrected chi connectivity index (χ1v) is 4.28. The largest absolute Gasteiger partial charge is 0.522 e. The van der Waals surface area contributed by atoms with E-state index in [1.807, 2.05) is 0 Å². The molecule has 0 saturated heterocycles. The lowest BCUT2D eigenvalue weighted by Crippen LogP contribution is -2.21. The number of rotatable bonds is 4. The summed E-state index contributed by atoms with van der Waals surface area (Å²) < 4.78 is 40.1. The Balaban J connectivity index is 2.58. The third-order valence-corrected chi connectivity index (χ3v) is 1.80. The molecule has 0 aliphatic rings. The molecule has 0 bridgehead atoms. The minimum Gasteiger partial charge on any atom is -0.409 e. The van der Waals surface area contributed by atoms with Gasteiger partial charge in [-0.25, -0.2) is 0 Å². The van der Waals surface area contributed by atoms with E-state index in [1.165, 1.54) is 16.8 Å². The topological polar surface area (TPSA) is 72.8 Å². The minimum absolute atomic E-state index is 0.0436. The Morgan fingerprint density at radius 3 is 2.81 bits per heavy atom. The maximum atomic E-state index is 11.7. The molecule has 8 heteroatoms. The molecule has 1 heterocycles. The zero-order chi connectivity index (χ0) is 12.2. The van der Waals surface area contributed by atoms with Crippen molar-refractivity contribution in [3.63, 3.8) is 0 Å². The van der Waals surface area contributed by atoms with Crippen molar-refractivity contribution in [3.05, 3.63) is 24.0 Å². The van der Waals surface area contributed by atoms with Gasteiger partial charge in [-0.2, -0.15) is 0 Å². The quantitative estimate of drug-likeness (QED) is 0.356. The van der Waals surface area contributed by atoms with Crippen molar-refractivity contribution in [1.29, 1.82) is 0 Å². The molecule has 0 radical (unpaired) electrons. The Kier molecular flexibility index (Phi) is 3.78. The van der Waals surface area contributed by atoms with E-state index in [1.54, 1.807) is 6.07 Å². The van der Waals surface area contributed by atoms with Crippen LogP contribution in [0.15, 0.2) is 23.5 Å². The predicted molar refractivity (Wildman–Crippen MR) is 48.9 cm³/mol. The van der Waals surface area contributed by atoms with E-state index in [0.29, 0.717) is 5.69 Å². The zero-order valence-electron chi connectivity index (χ0n) is 8.11. The Labute approximate surface area is 88.9 Å². The number of aromatic nitrogens is 1. The summed E-state index contributed by atoms with van der Waals surface area (Å²) in [6, 6.07) is 3.09. The van der Waals surface area contributed by atoms with Crippen LogP contribution in [0.5, 0.6) is 0 Å². The number of amidine groups is 1. The molecule has 0 unspecified atom stereocenters. The summed E-state index contributed by atoms with van der Waals surface area (Å²) >= 11 is 0. The molecule has 0 fully saturated rings. The standard InChI is InChI=1S/C8H10F3N3O2/c9-8(10,11)16-5-4-14-3-1-2-6(14)7(12)13-15/h1-3,15H,4-5H2,(H2,12,13). The lowest BCUT2D eigenvalue weighted by Gasteiger charge is -2.10. The molecule has 0 saturated carbocycles. The number of nitrogens with two attached hydrogens (primary N) is 1. The van der Waals surface area contributed by atoms with E-state index >= 15 is 0 Å². The van der Waals surface area contributed by atoms with E-state index in [2.05, 4.69) is 9.89 Å². The summed E-state index contributed by atoms with van der Waals surface area (Å²) in [5.41, 5.74) is 5.64. The molecular formula is C8H10F3N3O2. The summed E-state index contributed by atoms with van der Waals surface area (Å²) in [7, 11) is 0. The lowest BCUT2D eigenvalue weighted by atomic mass is 10.4. The Bertz CT molecular complexity index is 373. The average molecular weight is 237 g/mol. The number of hydrogen-bond acceptors (Lipinski definition) is 3. The highest BCUT2D eigenvalue weighted by molar-refractivity contribution is 5.95. The van der Waals surface area contributed by atoms with Gasteiger partial charge in [0.2, 0.25) is 0 Å². The average Bonchev–Trinajstić information content (AvgIpc) is 2.63. The molecular weight excluding hydrogens is 227 g/mol. The molecule has 0 aliphatic carbocycles. The van der Waals surface area contributed by atoms with Crippen LogP contribution < -0.4 is 5.73 Å². The number of alkyl halides is 3. The summed E-state index contributed by atoms with van der Waals surface area (Å²) in [4.78, 5) is 0. The van der Waals surface area contributed by atoms with Gasteiger partial charge < -0.3 is 15.5 Å². The molecule has 0 atom stereocenters. The number of oxime groups is 1. The van der Waals surface area contributed by atoms with Crippen LogP contribution in [-0.4, -0.2) is 28.6 Å². The molecule has 0 spiro atoms. The molecule has 90 valence electrons. The summed E-state index contributed by atoms with van der Waals surface area (Å²) in [6.45, 7) is -0.581. The molecule has 3 N–H and O–H groups in total. The summed E-state index contributed by atoms with van der Waals surface area (Å²) in [6.07, 6.45) is -3.14. The van der Waals surface area contributed by atoms with Crippen LogP contribution in [0.3, 0.4) is 0 Å². The van der Waals surface area contributed by atoms with Gasteiger partial charge in [-0.05, 0) is 12.1 Å². The number of ether oxygens (including phenoxy) is 1. The second kappa shape index (κ2) is 4.88. The van der Waals surface area contributed by atoms with Crippen molar-refractivity contribution in [2.24, 2.45) is 10.9 Å². The number of hydrogen-bond donors (Lipinski definition) is 2. The third-order valence-electron chi connectivity index (χ3n) is 1.80. The van der Waals surface area contributed by atoms with E-state index in [0.717, 1.165) is 0 Å². The highest BCUT2D eigenvalue weighted by Crippen LogP contribution is 2.16. The van der Waals surface area contributed by atoms with Crippen molar-refractivity contribution < 1.29 is 23.1 Å². The van der Waals surface area contributed by atoms with Gasteiger partial charge in [0.25, 0.3) is 0 Å². The van der Waals surface area contributed by atoms with Gasteiger partial charge in [-0.1, -0.05) is 5.16 Å². The van der Waals surface area contributed by atoms with Crippen LogP contribution in [0.25, 0.3) is 0 Å². The molecule has 0 aromatic carbocycles. The normalized spacial score (nSPS) is 13.1. The van der Waals surface area contributed by atoms with Gasteiger partial charge in [0, 0.05) is 12.7 Å². The van der Waals surface area contributed by atoms with Crippen LogP contribution in [0.2, 0.25) is 0 Å². The van der Waals surface area contributed by atoms with Crippen LogP contribution in [-0.2, 0) is 11.3 Å². The zero-order valence-corrected chi connectivity index (χ0v) is 8.11. The number of halogens is 3. The first kappa shape index (κ1) is 12.4. The van der Waals surface area contributed by atoms with Crippen molar-refractivity contribution in [2.75, 3.05) is 6.61 Å².